The second-order valence-corrected chi connectivity index (χ2v) is 7.99. The largest absolute Gasteiger partial charge is 0.305 e. The average Bonchev–Trinajstić information content (AvgIpc) is 3.25. The maximum atomic E-state index is 12.7. The van der Waals surface area contributed by atoms with Crippen LogP contribution in [0.4, 0.5) is 11.5 Å². The van der Waals surface area contributed by atoms with Gasteiger partial charge >= 0.3 is 0 Å². The van der Waals surface area contributed by atoms with Crippen LogP contribution in [0.3, 0.4) is 0 Å². The summed E-state index contributed by atoms with van der Waals surface area (Å²) in [6, 6.07) is 20.6. The zero-order chi connectivity index (χ0) is 21.2. The second kappa shape index (κ2) is 8.08. The lowest BCUT2D eigenvalue weighted by Crippen LogP contribution is -2.36. The van der Waals surface area contributed by atoms with Crippen LogP contribution in [0.5, 0.6) is 0 Å². The molecule has 5 rings (SSSR count). The first kappa shape index (κ1) is 19.1. The van der Waals surface area contributed by atoms with Crippen LogP contribution in [0.2, 0.25) is 0 Å². The van der Waals surface area contributed by atoms with Crippen molar-refractivity contribution in [3.63, 3.8) is 0 Å². The van der Waals surface area contributed by atoms with Gasteiger partial charge in [-0.3, -0.25) is 9.59 Å². The highest BCUT2D eigenvalue weighted by Crippen LogP contribution is 2.30. The number of fused-ring (bicyclic) bond motifs is 1. The van der Waals surface area contributed by atoms with E-state index in [0.717, 1.165) is 20.8 Å². The molecule has 1 N–H and O–H groups in total. The van der Waals surface area contributed by atoms with E-state index in [4.69, 9.17) is 0 Å². The molecular weight excluding hydrogens is 410 g/mol. The molecule has 2 aromatic carbocycles. The fraction of sp³-hybridized carbons (Fsp3) is 0.0870. The summed E-state index contributed by atoms with van der Waals surface area (Å²) in [4.78, 5) is 33.9. The minimum absolute atomic E-state index is 0.138. The summed E-state index contributed by atoms with van der Waals surface area (Å²) in [7, 11) is 0. The number of hydrogen-bond donors (Lipinski definition) is 1. The molecular formula is C23H17N5O2S. The van der Waals surface area contributed by atoms with Crippen molar-refractivity contribution in [1.29, 1.82) is 0 Å². The zero-order valence-corrected chi connectivity index (χ0v) is 17.2. The highest BCUT2D eigenvalue weighted by Gasteiger charge is 2.25. The normalized spacial score (nSPS) is 13.9. The number of thiazole rings is 1. The molecule has 1 aliphatic rings. The summed E-state index contributed by atoms with van der Waals surface area (Å²) in [5.41, 5.74) is 2.76. The zero-order valence-electron chi connectivity index (χ0n) is 16.4. The van der Waals surface area contributed by atoms with E-state index in [1.807, 2.05) is 48.5 Å². The number of carbonyl (C=O) groups is 2. The van der Waals surface area contributed by atoms with Crippen LogP contribution < -0.4 is 10.3 Å². The smallest absolute Gasteiger partial charge is 0.273 e. The van der Waals surface area contributed by atoms with Gasteiger partial charge in [-0.25, -0.2) is 15.0 Å². The third kappa shape index (κ3) is 3.93. The van der Waals surface area contributed by atoms with Crippen molar-refractivity contribution in [1.82, 2.24) is 9.97 Å². The molecule has 0 saturated carbocycles. The van der Waals surface area contributed by atoms with E-state index in [-0.39, 0.29) is 24.7 Å². The number of hydrogen-bond acceptors (Lipinski definition) is 6. The number of benzene rings is 2. The Balaban J connectivity index is 1.32. The van der Waals surface area contributed by atoms with Crippen molar-refractivity contribution in [2.24, 2.45) is 5.10 Å². The van der Waals surface area contributed by atoms with Crippen molar-refractivity contribution < 1.29 is 9.59 Å². The predicted molar refractivity (Wildman–Crippen MR) is 122 cm³/mol. The summed E-state index contributed by atoms with van der Waals surface area (Å²) in [6.07, 6.45) is 2.21. The minimum Gasteiger partial charge on any atom is -0.305 e. The number of para-hydroxylation sites is 2. The second-order valence-electron chi connectivity index (χ2n) is 6.96. The van der Waals surface area contributed by atoms with Crippen molar-refractivity contribution in [2.45, 2.75) is 12.8 Å². The number of aromatic nitrogens is 2. The van der Waals surface area contributed by atoms with E-state index in [9.17, 15) is 9.59 Å². The Kier molecular flexibility index (Phi) is 4.97. The molecule has 2 aromatic heterocycles. The van der Waals surface area contributed by atoms with E-state index >= 15 is 0 Å². The molecule has 0 atom stereocenters. The molecule has 0 unspecified atom stereocenters. The predicted octanol–water partition coefficient (Wildman–Crippen LogP) is 4.48. The number of pyridine rings is 1. The van der Waals surface area contributed by atoms with Gasteiger partial charge in [-0.15, -0.1) is 11.3 Å². The van der Waals surface area contributed by atoms with E-state index < -0.39 is 0 Å². The Labute approximate surface area is 182 Å². The van der Waals surface area contributed by atoms with Crippen LogP contribution in [0.15, 0.2) is 78.0 Å². The maximum Gasteiger partial charge on any atom is 0.273 e. The number of carbonyl (C=O) groups excluding carboxylic acids is 2. The van der Waals surface area contributed by atoms with Gasteiger partial charge in [0.1, 0.15) is 16.5 Å². The van der Waals surface area contributed by atoms with Crippen LogP contribution >= 0.6 is 11.3 Å². The number of hydrazone groups is 1. The summed E-state index contributed by atoms with van der Waals surface area (Å²) >= 11 is 1.60. The molecule has 2 amide bonds. The van der Waals surface area contributed by atoms with Gasteiger partial charge in [0.25, 0.3) is 5.91 Å². The van der Waals surface area contributed by atoms with Crippen molar-refractivity contribution >= 4 is 50.6 Å². The Morgan fingerprint density at radius 1 is 0.968 bits per heavy atom. The average molecular weight is 427 g/mol. The summed E-state index contributed by atoms with van der Waals surface area (Å²) in [6.45, 7) is 0. The van der Waals surface area contributed by atoms with E-state index in [2.05, 4.69) is 20.4 Å². The number of amides is 2. The first-order valence-electron chi connectivity index (χ1n) is 9.76. The first-order valence-corrected chi connectivity index (χ1v) is 10.6. The van der Waals surface area contributed by atoms with E-state index in [0.29, 0.717) is 17.2 Å². The minimum atomic E-state index is -0.367. The van der Waals surface area contributed by atoms with Crippen LogP contribution in [0.25, 0.3) is 20.8 Å². The summed E-state index contributed by atoms with van der Waals surface area (Å²) in [5.74, 6) is -0.0875. The molecule has 0 bridgehead atoms. The molecule has 4 aromatic rings. The lowest BCUT2D eigenvalue weighted by molar-refractivity contribution is -0.118. The van der Waals surface area contributed by atoms with Crippen LogP contribution in [-0.4, -0.2) is 27.5 Å². The van der Waals surface area contributed by atoms with Gasteiger partial charge in [0.05, 0.1) is 15.9 Å². The van der Waals surface area contributed by atoms with Crippen LogP contribution in [-0.2, 0) is 9.59 Å². The lowest BCUT2D eigenvalue weighted by atomic mass is 10.1. The third-order valence-corrected chi connectivity index (χ3v) is 5.93. The van der Waals surface area contributed by atoms with Gasteiger partial charge in [-0.1, -0.05) is 30.3 Å². The quantitative estimate of drug-likeness (QED) is 0.520. The lowest BCUT2D eigenvalue weighted by Gasteiger charge is -2.23. The van der Waals surface area contributed by atoms with E-state index in [1.165, 1.54) is 5.01 Å². The van der Waals surface area contributed by atoms with Gasteiger partial charge in [-0.2, -0.15) is 5.10 Å². The molecule has 0 spiro atoms. The summed E-state index contributed by atoms with van der Waals surface area (Å²) in [5, 5.41) is 9.19. The topological polar surface area (TPSA) is 87.6 Å². The van der Waals surface area contributed by atoms with Crippen molar-refractivity contribution in [2.75, 3.05) is 10.3 Å². The number of nitrogens with zero attached hydrogens (tertiary/aromatic N) is 4. The Bertz CT molecular complexity index is 1270. The van der Waals surface area contributed by atoms with Gasteiger partial charge < -0.3 is 5.32 Å². The molecule has 1 aliphatic heterocycles. The number of rotatable bonds is 4. The molecule has 0 aliphatic carbocycles. The third-order valence-electron chi connectivity index (χ3n) is 4.84. The highest BCUT2D eigenvalue weighted by molar-refractivity contribution is 7.21. The molecule has 0 saturated heterocycles. The Hall–Kier alpha value is -3.91. The van der Waals surface area contributed by atoms with Crippen molar-refractivity contribution in [3.05, 3.63) is 72.9 Å². The Morgan fingerprint density at radius 2 is 1.77 bits per heavy atom. The van der Waals surface area contributed by atoms with Crippen molar-refractivity contribution in [3.8, 4) is 10.6 Å². The van der Waals surface area contributed by atoms with Gasteiger partial charge in [-0.05, 0) is 36.4 Å². The fourth-order valence-electron chi connectivity index (χ4n) is 3.27. The molecule has 0 radical (unpaired) electrons. The highest BCUT2D eigenvalue weighted by atomic mass is 32.1. The number of nitrogens with one attached hydrogen (secondary N) is 1. The molecule has 8 heteroatoms. The van der Waals surface area contributed by atoms with Crippen LogP contribution in [0, 0.1) is 0 Å². The molecule has 31 heavy (non-hydrogen) atoms. The van der Waals surface area contributed by atoms with Crippen LogP contribution in [0.1, 0.15) is 12.8 Å². The monoisotopic (exact) mass is 427 g/mol. The molecule has 0 fully saturated rings. The fourth-order valence-corrected chi connectivity index (χ4v) is 4.22. The number of anilines is 2. The first-order chi connectivity index (χ1) is 15.2. The van der Waals surface area contributed by atoms with Gasteiger partial charge in [0, 0.05) is 24.6 Å². The molecule has 7 nitrogen and oxygen atoms in total. The molecule has 3 heterocycles. The standard InChI is InChI=1S/C23H17N5O2S/c29-21-13-11-18(27-28(21)16-6-2-1-3-7-16)22(30)26-20-12-10-15(14-24-20)23-25-17-8-4-5-9-19(17)31-23/h1-10,12,14H,11,13H2,(H,24,26,30). The Morgan fingerprint density at radius 3 is 2.55 bits per heavy atom. The molecule has 152 valence electrons. The van der Waals surface area contributed by atoms with Gasteiger partial charge in [0.2, 0.25) is 5.91 Å². The SMILES string of the molecule is O=C(Nc1ccc(-c2nc3ccccc3s2)cn1)C1=NN(c2ccccc2)C(=O)CC1. The summed E-state index contributed by atoms with van der Waals surface area (Å²) < 4.78 is 1.11. The van der Waals surface area contributed by atoms with Gasteiger partial charge in [0.15, 0.2) is 0 Å². The van der Waals surface area contributed by atoms with E-state index in [1.54, 1.807) is 35.7 Å². The maximum absolute atomic E-state index is 12.7.